The quantitative estimate of drug-likeness (QED) is 0.223. The fourth-order valence-corrected chi connectivity index (χ4v) is 6.07. The Morgan fingerprint density at radius 2 is 1.57 bits per heavy atom. The fraction of sp³-hybridized carbons (Fsp3) is 0.333. The predicted octanol–water partition coefficient (Wildman–Crippen LogP) is 6.60. The molecule has 0 amide bonds. The van der Waals surface area contributed by atoms with Crippen molar-refractivity contribution in [2.45, 2.75) is 51.3 Å². The Morgan fingerprint density at radius 3 is 2.31 bits per heavy atom. The number of ether oxygens (including phenoxy) is 1. The molecule has 4 aromatic rings. The van der Waals surface area contributed by atoms with Gasteiger partial charge >= 0.3 is 11.9 Å². The third-order valence-corrected chi connectivity index (χ3v) is 8.18. The molecule has 0 spiro atoms. The van der Waals surface area contributed by atoms with E-state index in [0.29, 0.717) is 6.54 Å². The van der Waals surface area contributed by atoms with Crippen molar-refractivity contribution in [1.29, 1.82) is 0 Å². The number of benzene rings is 4. The summed E-state index contributed by atoms with van der Waals surface area (Å²) in [5.41, 5.74) is 1.65. The third-order valence-electron chi connectivity index (χ3n) is 8.18. The van der Waals surface area contributed by atoms with E-state index in [9.17, 15) is 14.7 Å². The summed E-state index contributed by atoms with van der Waals surface area (Å²) >= 11 is 0. The second-order valence-electron chi connectivity index (χ2n) is 12.5. The van der Waals surface area contributed by atoms with Crippen LogP contribution in [-0.2, 0) is 21.6 Å². The van der Waals surface area contributed by atoms with Crippen molar-refractivity contribution in [2.75, 3.05) is 19.6 Å². The van der Waals surface area contributed by atoms with Crippen molar-refractivity contribution in [3.63, 3.8) is 0 Å². The van der Waals surface area contributed by atoms with Gasteiger partial charge in [-0.25, -0.2) is 9.59 Å². The molecule has 0 unspecified atom stereocenters. The van der Waals surface area contributed by atoms with Crippen LogP contribution in [0.2, 0.25) is 0 Å². The van der Waals surface area contributed by atoms with E-state index < -0.39 is 17.1 Å². The Kier molecular flexibility index (Phi) is 8.48. The van der Waals surface area contributed by atoms with Crippen molar-refractivity contribution < 1.29 is 19.4 Å². The van der Waals surface area contributed by atoms with Gasteiger partial charge < -0.3 is 9.84 Å². The average molecular weight is 565 g/mol. The van der Waals surface area contributed by atoms with Crippen LogP contribution in [-0.4, -0.2) is 47.2 Å². The number of nitrogens with zero attached hydrogens (tertiary/aromatic N) is 1. The van der Waals surface area contributed by atoms with Crippen molar-refractivity contribution in [3.05, 3.63) is 119 Å². The number of aromatic carboxylic acids is 1. The highest BCUT2D eigenvalue weighted by Gasteiger charge is 2.42. The fourth-order valence-electron chi connectivity index (χ4n) is 6.07. The number of hydrogen-bond donors (Lipinski definition) is 2. The van der Waals surface area contributed by atoms with Gasteiger partial charge in [-0.1, -0.05) is 84.9 Å². The number of nitrogens with one attached hydrogen (secondary N) is 1. The number of likely N-dealkylation sites (tertiary alicyclic amines) is 1. The second-order valence-corrected chi connectivity index (χ2v) is 12.5. The summed E-state index contributed by atoms with van der Waals surface area (Å²) in [7, 11) is 0. The zero-order valence-electron chi connectivity index (χ0n) is 24.8. The number of carboxylic acids is 1. The van der Waals surface area contributed by atoms with Gasteiger partial charge in [0.15, 0.2) is 0 Å². The van der Waals surface area contributed by atoms with Crippen LogP contribution in [0, 0.1) is 5.92 Å². The Hall–Kier alpha value is -4.00. The van der Waals surface area contributed by atoms with Crippen LogP contribution in [0.5, 0.6) is 0 Å². The molecular weight excluding hydrogens is 524 g/mol. The highest BCUT2D eigenvalue weighted by Crippen LogP contribution is 2.36. The molecule has 0 aliphatic carbocycles. The molecular formula is C36H40N2O4. The molecule has 2 N–H and O–H groups in total. The first-order chi connectivity index (χ1) is 20.0. The molecule has 1 fully saturated rings. The number of esters is 1. The van der Waals surface area contributed by atoms with E-state index in [1.165, 1.54) is 5.56 Å². The minimum atomic E-state index is -1.10. The van der Waals surface area contributed by atoms with Crippen molar-refractivity contribution in [1.82, 2.24) is 10.2 Å². The summed E-state index contributed by atoms with van der Waals surface area (Å²) in [4.78, 5) is 28.2. The Morgan fingerprint density at radius 1 is 0.881 bits per heavy atom. The summed E-state index contributed by atoms with van der Waals surface area (Å²) in [6, 6.07) is 31.8. The summed E-state index contributed by atoms with van der Waals surface area (Å²) in [6.45, 7) is 10.5. The standard InChI is InChI=1S/C36H40N2O4/c1-35(2,3)42-34(41)36(4,32-19-11-15-26-14-8-9-18-30(26)32)37-21-29-23-38(22-25-12-6-5-7-13-25)24-31(29)27-16-10-17-28(20-27)33(39)40/h5-20,29,31,37H,21-24H2,1-4H3,(H,39,40)/t29-,31-,36-/m1/s1. The van der Waals surface area contributed by atoms with Crippen LogP contribution in [0.1, 0.15) is 60.7 Å². The highest BCUT2D eigenvalue weighted by molar-refractivity contribution is 5.93. The summed E-state index contributed by atoms with van der Waals surface area (Å²) in [6.07, 6.45) is 0. The largest absolute Gasteiger partial charge is 0.478 e. The lowest BCUT2D eigenvalue weighted by Crippen LogP contribution is -2.51. The van der Waals surface area contributed by atoms with E-state index in [1.807, 2.05) is 76.2 Å². The zero-order valence-corrected chi connectivity index (χ0v) is 24.8. The summed E-state index contributed by atoms with van der Waals surface area (Å²) < 4.78 is 6.00. The molecule has 6 heteroatoms. The minimum absolute atomic E-state index is 0.0934. The monoisotopic (exact) mass is 564 g/mol. The number of carbonyl (C=O) groups excluding carboxylic acids is 1. The molecule has 0 saturated carbocycles. The lowest BCUT2D eigenvalue weighted by Gasteiger charge is -2.35. The summed E-state index contributed by atoms with van der Waals surface area (Å²) in [5, 5.41) is 15.4. The molecule has 1 aliphatic heterocycles. The molecule has 0 bridgehead atoms. The lowest BCUT2D eigenvalue weighted by atomic mass is 9.84. The van der Waals surface area contributed by atoms with Crippen LogP contribution < -0.4 is 5.32 Å². The third kappa shape index (κ3) is 6.56. The first-order valence-electron chi connectivity index (χ1n) is 14.6. The molecule has 1 aliphatic rings. The van der Waals surface area contributed by atoms with Gasteiger partial charge in [0.1, 0.15) is 11.1 Å². The first-order valence-corrected chi connectivity index (χ1v) is 14.6. The Balaban J connectivity index is 1.48. The van der Waals surface area contributed by atoms with E-state index in [2.05, 4.69) is 46.6 Å². The Bertz CT molecular complexity index is 1560. The van der Waals surface area contributed by atoms with Gasteiger partial charge in [0.05, 0.1) is 5.56 Å². The SMILES string of the molecule is CC(C)(C)OC(=O)[C@](C)(NC[C@@H]1CN(Cc2ccccc2)C[C@@H]1c1cccc(C(=O)O)c1)c1cccc2ccccc12. The van der Waals surface area contributed by atoms with Gasteiger partial charge in [-0.15, -0.1) is 0 Å². The normalized spacial score (nSPS) is 19.0. The maximum absolute atomic E-state index is 13.9. The van der Waals surface area contributed by atoms with Gasteiger partial charge in [-0.05, 0) is 73.2 Å². The highest BCUT2D eigenvalue weighted by atomic mass is 16.6. The predicted molar refractivity (Wildman–Crippen MR) is 166 cm³/mol. The molecule has 6 nitrogen and oxygen atoms in total. The zero-order chi connectivity index (χ0) is 29.9. The van der Waals surface area contributed by atoms with Crippen LogP contribution in [0.3, 0.4) is 0 Å². The van der Waals surface area contributed by atoms with Gasteiger partial charge in [-0.3, -0.25) is 10.2 Å². The van der Waals surface area contributed by atoms with Crippen molar-refractivity contribution in [2.24, 2.45) is 5.92 Å². The van der Waals surface area contributed by atoms with Gasteiger partial charge in [-0.2, -0.15) is 0 Å². The molecule has 1 saturated heterocycles. The van der Waals surface area contributed by atoms with Crippen molar-refractivity contribution in [3.8, 4) is 0 Å². The molecule has 218 valence electrons. The Labute approximate surface area is 248 Å². The molecule has 42 heavy (non-hydrogen) atoms. The van der Waals surface area contributed by atoms with E-state index in [1.54, 1.807) is 12.1 Å². The molecule has 5 rings (SSSR count). The van der Waals surface area contributed by atoms with Gasteiger partial charge in [0.2, 0.25) is 0 Å². The van der Waals surface area contributed by atoms with Gasteiger partial charge in [0, 0.05) is 32.1 Å². The number of rotatable bonds is 9. The van der Waals surface area contributed by atoms with Crippen LogP contribution in [0.4, 0.5) is 0 Å². The second kappa shape index (κ2) is 12.1. The number of fused-ring (bicyclic) bond motifs is 1. The number of carbonyl (C=O) groups is 2. The van der Waals surface area contributed by atoms with E-state index in [4.69, 9.17) is 4.74 Å². The van der Waals surface area contributed by atoms with E-state index in [0.717, 1.165) is 41.5 Å². The first kappa shape index (κ1) is 29.5. The molecule has 1 heterocycles. The molecule has 3 atom stereocenters. The number of hydrogen-bond acceptors (Lipinski definition) is 5. The lowest BCUT2D eigenvalue weighted by molar-refractivity contribution is -0.163. The number of carboxylic acid groups (broad SMARTS) is 1. The topological polar surface area (TPSA) is 78.9 Å². The van der Waals surface area contributed by atoms with Crippen molar-refractivity contribution >= 4 is 22.7 Å². The molecule has 4 aromatic carbocycles. The smallest absolute Gasteiger partial charge is 0.335 e. The average Bonchev–Trinajstić information content (AvgIpc) is 3.37. The van der Waals surface area contributed by atoms with Crippen LogP contribution >= 0.6 is 0 Å². The maximum atomic E-state index is 13.9. The van der Waals surface area contributed by atoms with E-state index >= 15 is 0 Å². The van der Waals surface area contributed by atoms with Gasteiger partial charge in [0.25, 0.3) is 0 Å². The van der Waals surface area contributed by atoms with Crippen LogP contribution in [0.25, 0.3) is 10.8 Å². The molecule has 0 aromatic heterocycles. The van der Waals surface area contributed by atoms with Crippen LogP contribution in [0.15, 0.2) is 97.1 Å². The van der Waals surface area contributed by atoms with E-state index in [-0.39, 0.29) is 23.4 Å². The molecule has 0 radical (unpaired) electrons. The maximum Gasteiger partial charge on any atom is 0.335 e. The summed E-state index contributed by atoms with van der Waals surface area (Å²) in [5.74, 6) is -1.03. The minimum Gasteiger partial charge on any atom is -0.478 e.